The molecule has 3 rings (SSSR count). The van der Waals surface area contributed by atoms with Crippen molar-refractivity contribution in [3.05, 3.63) is 107 Å². The number of thioether (sulfide) groups is 1. The lowest BCUT2D eigenvalue weighted by Gasteiger charge is -2.13. The number of carbonyl (C=O) groups is 1. The van der Waals surface area contributed by atoms with Crippen molar-refractivity contribution in [2.45, 2.75) is 4.90 Å². The Morgan fingerprint density at radius 2 is 1.24 bits per heavy atom. The number of benzene rings is 3. The summed E-state index contributed by atoms with van der Waals surface area (Å²) in [5, 5.41) is 9.83. The van der Waals surface area contributed by atoms with E-state index < -0.39 is 5.97 Å². The molecule has 0 aromatic heterocycles. The monoisotopic (exact) mass is 350 g/mol. The van der Waals surface area contributed by atoms with Gasteiger partial charge in [-0.15, -0.1) is 0 Å². The molecule has 3 aromatic carbocycles. The number of carboxylic acids is 1. The van der Waals surface area contributed by atoms with Gasteiger partial charge in [0.05, 0.1) is 0 Å². The van der Waals surface area contributed by atoms with Gasteiger partial charge in [0.1, 0.15) is 10.7 Å². The van der Waals surface area contributed by atoms with Crippen LogP contribution >= 0.6 is 11.8 Å². The summed E-state index contributed by atoms with van der Waals surface area (Å²) in [5.41, 5.74) is 2.28. The second-order valence-corrected chi connectivity index (χ2v) is 6.38. The summed E-state index contributed by atoms with van der Waals surface area (Å²) in [4.78, 5) is 12.9. The lowest BCUT2D eigenvalue weighted by atomic mass is 9.97. The van der Waals surface area contributed by atoms with E-state index in [2.05, 4.69) is 0 Å². The third-order valence-electron chi connectivity index (χ3n) is 3.58. The lowest BCUT2D eigenvalue weighted by molar-refractivity contribution is -0.131. The first kappa shape index (κ1) is 17.0. The van der Waals surface area contributed by atoms with Crippen molar-refractivity contribution in [1.82, 2.24) is 0 Å². The van der Waals surface area contributed by atoms with E-state index in [0.29, 0.717) is 10.5 Å². The standard InChI is InChI=1S/C21H15FO2S/c22-17-11-13-18(14-12-17)25-20(21(23)24)19(15-7-3-1-4-8-15)16-9-5-2-6-10-16/h1-14H,(H,23,24). The first-order valence-corrected chi connectivity index (χ1v) is 8.48. The van der Waals surface area contributed by atoms with Gasteiger partial charge in [0.25, 0.3) is 0 Å². The average Bonchev–Trinajstić information content (AvgIpc) is 2.64. The number of aliphatic carboxylic acids is 1. The molecule has 0 amide bonds. The predicted molar refractivity (Wildman–Crippen MR) is 98.8 cm³/mol. The number of rotatable bonds is 5. The van der Waals surface area contributed by atoms with Gasteiger partial charge in [0, 0.05) is 10.5 Å². The Balaban J connectivity index is 2.17. The van der Waals surface area contributed by atoms with Crippen molar-refractivity contribution in [2.75, 3.05) is 0 Å². The molecule has 0 fully saturated rings. The minimum absolute atomic E-state index is 0.198. The molecule has 0 aliphatic heterocycles. The van der Waals surface area contributed by atoms with Crippen molar-refractivity contribution in [1.29, 1.82) is 0 Å². The first-order valence-electron chi connectivity index (χ1n) is 7.67. The van der Waals surface area contributed by atoms with Gasteiger partial charge >= 0.3 is 5.97 Å². The third kappa shape index (κ3) is 4.17. The fraction of sp³-hybridized carbons (Fsp3) is 0. The highest BCUT2D eigenvalue weighted by Gasteiger charge is 2.19. The molecule has 0 unspecified atom stereocenters. The third-order valence-corrected chi connectivity index (χ3v) is 4.67. The number of halogens is 1. The number of hydrogen-bond donors (Lipinski definition) is 1. The number of hydrogen-bond acceptors (Lipinski definition) is 2. The van der Waals surface area contributed by atoms with Crippen LogP contribution in [-0.2, 0) is 4.79 Å². The zero-order chi connectivity index (χ0) is 17.6. The first-order chi connectivity index (χ1) is 12.1. The molecule has 2 nitrogen and oxygen atoms in total. The highest BCUT2D eigenvalue weighted by Crippen LogP contribution is 2.36. The maximum Gasteiger partial charge on any atom is 0.343 e. The van der Waals surface area contributed by atoms with Crippen LogP contribution in [0.25, 0.3) is 5.57 Å². The molecule has 1 N–H and O–H groups in total. The van der Waals surface area contributed by atoms with Gasteiger partial charge in [-0.1, -0.05) is 72.4 Å². The van der Waals surface area contributed by atoms with Crippen LogP contribution in [0.5, 0.6) is 0 Å². The zero-order valence-corrected chi connectivity index (χ0v) is 14.0. The van der Waals surface area contributed by atoms with Gasteiger partial charge < -0.3 is 5.11 Å². The Bertz CT molecular complexity index is 847. The zero-order valence-electron chi connectivity index (χ0n) is 13.2. The van der Waals surface area contributed by atoms with E-state index in [1.807, 2.05) is 60.7 Å². The molecule has 0 bridgehead atoms. The second kappa shape index (κ2) is 7.81. The maximum absolute atomic E-state index is 13.1. The van der Waals surface area contributed by atoms with E-state index in [1.54, 1.807) is 12.1 Å². The summed E-state index contributed by atoms with van der Waals surface area (Å²) >= 11 is 1.12. The molecule has 3 aromatic rings. The minimum Gasteiger partial charge on any atom is -0.477 e. The topological polar surface area (TPSA) is 37.3 Å². The molecule has 25 heavy (non-hydrogen) atoms. The molecule has 0 aliphatic rings. The van der Waals surface area contributed by atoms with Gasteiger partial charge in [-0.25, -0.2) is 9.18 Å². The normalized spacial score (nSPS) is 10.3. The molecular weight excluding hydrogens is 335 g/mol. The van der Waals surface area contributed by atoms with Gasteiger partial charge in [0.2, 0.25) is 0 Å². The average molecular weight is 350 g/mol. The molecule has 4 heteroatoms. The highest BCUT2D eigenvalue weighted by atomic mass is 32.2. The van der Waals surface area contributed by atoms with Crippen molar-refractivity contribution in [2.24, 2.45) is 0 Å². The molecule has 0 saturated carbocycles. The Labute approximate surface area is 149 Å². The largest absolute Gasteiger partial charge is 0.477 e. The van der Waals surface area contributed by atoms with Crippen molar-refractivity contribution < 1.29 is 14.3 Å². The molecule has 0 aliphatic carbocycles. The van der Waals surface area contributed by atoms with Crippen LogP contribution in [0.4, 0.5) is 4.39 Å². The Morgan fingerprint density at radius 3 is 1.68 bits per heavy atom. The fourth-order valence-corrected chi connectivity index (χ4v) is 3.39. The van der Waals surface area contributed by atoms with Crippen LogP contribution in [0.2, 0.25) is 0 Å². The molecular formula is C21H15FO2S. The highest BCUT2D eigenvalue weighted by molar-refractivity contribution is 8.04. The maximum atomic E-state index is 13.1. The summed E-state index contributed by atoms with van der Waals surface area (Å²) in [6.45, 7) is 0. The van der Waals surface area contributed by atoms with E-state index in [4.69, 9.17) is 0 Å². The molecule has 0 spiro atoms. The van der Waals surface area contributed by atoms with Gasteiger partial charge in [-0.2, -0.15) is 0 Å². The van der Waals surface area contributed by atoms with E-state index >= 15 is 0 Å². The summed E-state index contributed by atoms with van der Waals surface area (Å²) in [6.07, 6.45) is 0. The quantitative estimate of drug-likeness (QED) is 0.490. The smallest absolute Gasteiger partial charge is 0.343 e. The minimum atomic E-state index is -1.02. The van der Waals surface area contributed by atoms with E-state index in [-0.39, 0.29) is 10.7 Å². The van der Waals surface area contributed by atoms with Gasteiger partial charge in [-0.3, -0.25) is 0 Å². The Kier molecular flexibility index (Phi) is 5.31. The van der Waals surface area contributed by atoms with E-state index in [9.17, 15) is 14.3 Å². The van der Waals surface area contributed by atoms with Crippen LogP contribution in [0, 0.1) is 5.82 Å². The van der Waals surface area contributed by atoms with E-state index in [1.165, 1.54) is 12.1 Å². The molecule has 0 saturated heterocycles. The van der Waals surface area contributed by atoms with Gasteiger partial charge in [0.15, 0.2) is 0 Å². The van der Waals surface area contributed by atoms with Crippen LogP contribution < -0.4 is 0 Å². The molecule has 124 valence electrons. The van der Waals surface area contributed by atoms with E-state index in [0.717, 1.165) is 22.9 Å². The van der Waals surface area contributed by atoms with Crippen molar-refractivity contribution >= 4 is 23.3 Å². The van der Waals surface area contributed by atoms with Crippen LogP contribution in [0.15, 0.2) is 94.7 Å². The number of carboxylic acid groups (broad SMARTS) is 1. The van der Waals surface area contributed by atoms with Crippen LogP contribution in [0.3, 0.4) is 0 Å². The van der Waals surface area contributed by atoms with Gasteiger partial charge in [-0.05, 0) is 35.4 Å². The summed E-state index contributed by atoms with van der Waals surface area (Å²) in [6, 6.07) is 24.6. The summed E-state index contributed by atoms with van der Waals surface area (Å²) in [5.74, 6) is -1.37. The summed E-state index contributed by atoms with van der Waals surface area (Å²) in [7, 11) is 0. The SMILES string of the molecule is O=C(O)C(Sc1ccc(F)cc1)=C(c1ccccc1)c1ccccc1. The molecule has 0 atom stereocenters. The Morgan fingerprint density at radius 1 is 0.760 bits per heavy atom. The second-order valence-electron chi connectivity index (χ2n) is 5.30. The fourth-order valence-electron chi connectivity index (χ4n) is 2.46. The summed E-state index contributed by atoms with van der Waals surface area (Å²) < 4.78 is 13.1. The lowest BCUT2D eigenvalue weighted by Crippen LogP contribution is -2.03. The Hall–Kier alpha value is -2.85. The van der Waals surface area contributed by atoms with Crippen molar-refractivity contribution in [3.63, 3.8) is 0 Å². The predicted octanol–water partition coefficient (Wildman–Crippen LogP) is 5.46. The van der Waals surface area contributed by atoms with Crippen LogP contribution in [0.1, 0.15) is 11.1 Å². The molecule has 0 radical (unpaired) electrons. The van der Waals surface area contributed by atoms with Crippen LogP contribution in [-0.4, -0.2) is 11.1 Å². The molecule has 0 heterocycles. The van der Waals surface area contributed by atoms with Crippen molar-refractivity contribution in [3.8, 4) is 0 Å².